The number of methoxy groups -OCH3 is 1. The molecule has 0 radical (unpaired) electrons. The Labute approximate surface area is 156 Å². The number of benzene rings is 1. The Balaban J connectivity index is 2.14. The third-order valence-corrected chi connectivity index (χ3v) is 7.71. The second-order valence-corrected chi connectivity index (χ2v) is 10.5. The summed E-state index contributed by atoms with van der Waals surface area (Å²) in [6.07, 6.45) is 0. The molecule has 0 amide bonds. The highest BCUT2D eigenvalue weighted by Gasteiger charge is 2.19. The SMILES string of the molecule is COC[C@H](C)NS(=O)(=O)c1ccc(NS(=O)(=O)c2ccc(Cl)s2)cc1. The highest BCUT2D eigenvalue weighted by Crippen LogP contribution is 2.27. The van der Waals surface area contributed by atoms with Gasteiger partial charge in [0, 0.05) is 18.8 Å². The first-order valence-corrected chi connectivity index (χ1v) is 11.2. The molecule has 0 saturated heterocycles. The second-order valence-electron chi connectivity index (χ2n) is 5.17. The van der Waals surface area contributed by atoms with Gasteiger partial charge < -0.3 is 4.74 Å². The normalized spacial score (nSPS) is 13.6. The van der Waals surface area contributed by atoms with E-state index in [0.717, 1.165) is 11.3 Å². The first-order chi connectivity index (χ1) is 11.6. The van der Waals surface area contributed by atoms with Gasteiger partial charge >= 0.3 is 0 Å². The molecule has 0 spiro atoms. The van der Waals surface area contributed by atoms with E-state index >= 15 is 0 Å². The maximum atomic E-state index is 12.2. The van der Waals surface area contributed by atoms with Gasteiger partial charge in [0.25, 0.3) is 10.0 Å². The standard InChI is InChI=1S/C14H17ClN2O5S3/c1-10(9-22-2)16-24(18,19)12-5-3-11(4-6-12)17-25(20,21)14-8-7-13(15)23-14/h3-8,10,16-17H,9H2,1-2H3/t10-/m0/s1. The number of anilines is 1. The molecule has 1 atom stereocenters. The van der Waals surface area contributed by atoms with Crippen molar-refractivity contribution in [2.24, 2.45) is 0 Å². The lowest BCUT2D eigenvalue weighted by Gasteiger charge is -2.13. The number of halogens is 1. The fourth-order valence-corrected chi connectivity index (χ4v) is 5.74. The van der Waals surface area contributed by atoms with E-state index < -0.39 is 26.1 Å². The van der Waals surface area contributed by atoms with Crippen molar-refractivity contribution in [1.82, 2.24) is 4.72 Å². The Morgan fingerprint density at radius 3 is 2.24 bits per heavy atom. The summed E-state index contributed by atoms with van der Waals surface area (Å²) in [6.45, 7) is 1.91. The van der Waals surface area contributed by atoms with Crippen LogP contribution in [0.3, 0.4) is 0 Å². The largest absolute Gasteiger partial charge is 0.383 e. The average molecular weight is 425 g/mol. The van der Waals surface area contributed by atoms with Crippen molar-refractivity contribution >= 4 is 48.7 Å². The summed E-state index contributed by atoms with van der Waals surface area (Å²) in [6, 6.07) is 7.89. The molecular weight excluding hydrogens is 408 g/mol. The third-order valence-electron chi connectivity index (χ3n) is 3.00. The maximum absolute atomic E-state index is 12.2. The van der Waals surface area contributed by atoms with E-state index in [1.54, 1.807) is 6.92 Å². The van der Waals surface area contributed by atoms with E-state index in [1.807, 2.05) is 0 Å². The summed E-state index contributed by atoms with van der Waals surface area (Å²) in [5, 5.41) is 0. The first-order valence-electron chi connectivity index (χ1n) is 7.03. The molecule has 0 fully saturated rings. The zero-order chi connectivity index (χ0) is 18.7. The third kappa shape index (κ3) is 5.40. The van der Waals surface area contributed by atoms with Gasteiger partial charge in [-0.2, -0.15) is 0 Å². The summed E-state index contributed by atoms with van der Waals surface area (Å²) in [5.74, 6) is 0. The summed E-state index contributed by atoms with van der Waals surface area (Å²) < 4.78 is 59.0. The topological polar surface area (TPSA) is 102 Å². The molecule has 0 unspecified atom stereocenters. The summed E-state index contributed by atoms with van der Waals surface area (Å²) in [4.78, 5) is 0.0255. The molecule has 2 aromatic rings. The van der Waals surface area contributed by atoms with Crippen LogP contribution in [0.5, 0.6) is 0 Å². The van der Waals surface area contributed by atoms with Crippen LogP contribution < -0.4 is 9.44 Å². The summed E-state index contributed by atoms with van der Waals surface area (Å²) >= 11 is 6.68. The quantitative estimate of drug-likeness (QED) is 0.677. The number of thiophene rings is 1. The number of hydrogen-bond donors (Lipinski definition) is 2. The Morgan fingerprint density at radius 1 is 1.08 bits per heavy atom. The molecule has 2 N–H and O–H groups in total. The molecule has 25 heavy (non-hydrogen) atoms. The van der Waals surface area contributed by atoms with Gasteiger partial charge in [-0.05, 0) is 43.3 Å². The lowest BCUT2D eigenvalue weighted by molar-refractivity contribution is 0.180. The van der Waals surface area contributed by atoms with Crippen molar-refractivity contribution in [1.29, 1.82) is 0 Å². The molecule has 0 saturated carbocycles. The maximum Gasteiger partial charge on any atom is 0.271 e. The summed E-state index contributed by atoms with van der Waals surface area (Å²) in [5.41, 5.74) is 0.244. The molecular formula is C14H17ClN2O5S3. The number of sulfonamides is 2. The van der Waals surface area contributed by atoms with Gasteiger partial charge in [0.2, 0.25) is 10.0 Å². The lowest BCUT2D eigenvalue weighted by atomic mass is 10.3. The molecule has 2 rings (SSSR count). The van der Waals surface area contributed by atoms with Crippen LogP contribution >= 0.6 is 22.9 Å². The van der Waals surface area contributed by atoms with E-state index in [4.69, 9.17) is 16.3 Å². The number of nitrogens with one attached hydrogen (secondary N) is 2. The van der Waals surface area contributed by atoms with Crippen molar-refractivity contribution < 1.29 is 21.6 Å². The minimum Gasteiger partial charge on any atom is -0.383 e. The van der Waals surface area contributed by atoms with Crippen molar-refractivity contribution in [2.45, 2.75) is 22.1 Å². The molecule has 1 heterocycles. The van der Waals surface area contributed by atoms with Crippen LogP contribution in [-0.4, -0.2) is 36.6 Å². The number of hydrogen-bond acceptors (Lipinski definition) is 6. The molecule has 0 aliphatic heterocycles. The number of ether oxygens (including phenoxy) is 1. The molecule has 0 bridgehead atoms. The van der Waals surface area contributed by atoms with Gasteiger partial charge in [-0.3, -0.25) is 4.72 Å². The Hall–Kier alpha value is -1.17. The van der Waals surface area contributed by atoms with Crippen LogP contribution in [0.25, 0.3) is 0 Å². The zero-order valence-corrected chi connectivity index (χ0v) is 16.6. The average Bonchev–Trinajstić information content (AvgIpc) is 2.94. The van der Waals surface area contributed by atoms with Crippen LogP contribution in [0, 0.1) is 0 Å². The van der Waals surface area contributed by atoms with Gasteiger partial charge in [0.15, 0.2) is 0 Å². The van der Waals surface area contributed by atoms with Crippen LogP contribution in [0.2, 0.25) is 4.34 Å². The Bertz CT molecular complexity index is 924. The van der Waals surface area contributed by atoms with Crippen molar-refractivity contribution in [3.8, 4) is 0 Å². The molecule has 0 aliphatic rings. The van der Waals surface area contributed by atoms with Crippen molar-refractivity contribution in [3.05, 3.63) is 40.7 Å². The van der Waals surface area contributed by atoms with E-state index in [9.17, 15) is 16.8 Å². The molecule has 1 aromatic carbocycles. The van der Waals surface area contributed by atoms with Crippen LogP contribution in [0.1, 0.15) is 6.92 Å². The van der Waals surface area contributed by atoms with Crippen LogP contribution in [-0.2, 0) is 24.8 Å². The van der Waals surface area contributed by atoms with E-state index in [0.29, 0.717) is 4.34 Å². The zero-order valence-electron chi connectivity index (χ0n) is 13.4. The van der Waals surface area contributed by atoms with E-state index in [1.165, 1.54) is 43.5 Å². The molecule has 0 aliphatic carbocycles. The summed E-state index contributed by atoms with van der Waals surface area (Å²) in [7, 11) is -6.00. The fraction of sp³-hybridized carbons (Fsp3) is 0.286. The van der Waals surface area contributed by atoms with Gasteiger partial charge in [-0.15, -0.1) is 11.3 Å². The second kappa shape index (κ2) is 8.02. The van der Waals surface area contributed by atoms with Crippen LogP contribution in [0.15, 0.2) is 45.5 Å². The van der Waals surface area contributed by atoms with Gasteiger partial charge in [-0.1, -0.05) is 11.6 Å². The smallest absolute Gasteiger partial charge is 0.271 e. The Morgan fingerprint density at radius 2 is 1.72 bits per heavy atom. The lowest BCUT2D eigenvalue weighted by Crippen LogP contribution is -2.35. The highest BCUT2D eigenvalue weighted by atomic mass is 35.5. The van der Waals surface area contributed by atoms with Crippen LogP contribution in [0.4, 0.5) is 5.69 Å². The number of rotatable bonds is 8. The minimum atomic E-state index is -3.76. The molecule has 7 nitrogen and oxygen atoms in total. The van der Waals surface area contributed by atoms with E-state index in [2.05, 4.69) is 9.44 Å². The predicted molar refractivity (Wildman–Crippen MR) is 98.2 cm³/mol. The van der Waals surface area contributed by atoms with E-state index in [-0.39, 0.29) is 21.4 Å². The van der Waals surface area contributed by atoms with Gasteiger partial charge in [-0.25, -0.2) is 21.6 Å². The molecule has 138 valence electrons. The monoisotopic (exact) mass is 424 g/mol. The fourth-order valence-electron chi connectivity index (χ4n) is 1.97. The minimum absolute atomic E-state index is 0.0255. The highest BCUT2D eigenvalue weighted by molar-refractivity contribution is 7.94. The molecule has 11 heteroatoms. The van der Waals surface area contributed by atoms with Gasteiger partial charge in [0.1, 0.15) is 4.21 Å². The first kappa shape index (κ1) is 20.1. The van der Waals surface area contributed by atoms with Gasteiger partial charge in [0.05, 0.1) is 15.8 Å². The molecule has 1 aromatic heterocycles. The Kier molecular flexibility index (Phi) is 6.46. The predicted octanol–water partition coefficient (Wildman–Crippen LogP) is 2.52. The van der Waals surface area contributed by atoms with Crippen molar-refractivity contribution in [2.75, 3.05) is 18.4 Å². The van der Waals surface area contributed by atoms with Crippen molar-refractivity contribution in [3.63, 3.8) is 0 Å².